The second kappa shape index (κ2) is 9.92. The normalized spacial score (nSPS) is 19.0. The third-order valence-electron chi connectivity index (χ3n) is 4.88. The van der Waals surface area contributed by atoms with Crippen molar-refractivity contribution in [2.45, 2.75) is 52.3 Å². The van der Waals surface area contributed by atoms with Crippen LogP contribution in [0.1, 0.15) is 45.8 Å². The second-order valence-electron chi connectivity index (χ2n) is 7.51. The summed E-state index contributed by atoms with van der Waals surface area (Å²) in [5, 5.41) is 7.78. The van der Waals surface area contributed by atoms with E-state index in [0.717, 1.165) is 44.1 Å². The lowest BCUT2D eigenvalue weighted by Crippen LogP contribution is -2.48. The van der Waals surface area contributed by atoms with Gasteiger partial charge >= 0.3 is 0 Å². The average Bonchev–Trinajstić information content (AvgIpc) is 3.04. The molecule has 26 heavy (non-hydrogen) atoms. The Hall–Kier alpha value is -1.60. The fourth-order valence-corrected chi connectivity index (χ4v) is 3.56. The molecular weight excluding hydrogens is 328 g/mol. The standard InChI is InChI=1S/C19H36N6O/c1-15(2)25(16(3)4)9-7-8-21-19(20-5)24-10-11-26-18(14-24)17-12-22-23(6)13-17/h12-13,15-16,18H,7-11,14H2,1-6H3,(H,20,21). The number of hydrogen-bond donors (Lipinski definition) is 1. The highest BCUT2D eigenvalue weighted by atomic mass is 16.5. The fourth-order valence-electron chi connectivity index (χ4n) is 3.56. The molecule has 0 aliphatic carbocycles. The van der Waals surface area contributed by atoms with E-state index in [4.69, 9.17) is 4.74 Å². The zero-order chi connectivity index (χ0) is 19.1. The molecule has 0 bridgehead atoms. The third kappa shape index (κ3) is 5.71. The van der Waals surface area contributed by atoms with E-state index in [2.05, 4.69) is 52.9 Å². The van der Waals surface area contributed by atoms with Crippen molar-refractivity contribution in [1.29, 1.82) is 0 Å². The van der Waals surface area contributed by atoms with Gasteiger partial charge in [-0.25, -0.2) is 0 Å². The van der Waals surface area contributed by atoms with Crippen LogP contribution in [0.5, 0.6) is 0 Å². The maximum absolute atomic E-state index is 5.93. The Bertz CT molecular complexity index is 560. The molecule has 1 N–H and O–H groups in total. The van der Waals surface area contributed by atoms with Gasteiger partial charge < -0.3 is 15.0 Å². The molecule has 1 aliphatic heterocycles. The van der Waals surface area contributed by atoms with Gasteiger partial charge in [0.25, 0.3) is 0 Å². The summed E-state index contributed by atoms with van der Waals surface area (Å²) in [5.74, 6) is 0.961. The Labute approximate surface area is 158 Å². The quantitative estimate of drug-likeness (QED) is 0.455. The Balaban J connectivity index is 1.82. The van der Waals surface area contributed by atoms with Crippen LogP contribution in [0.2, 0.25) is 0 Å². The lowest BCUT2D eigenvalue weighted by Gasteiger charge is -2.35. The van der Waals surface area contributed by atoms with E-state index in [-0.39, 0.29) is 6.10 Å². The van der Waals surface area contributed by atoms with Crippen molar-refractivity contribution in [2.75, 3.05) is 39.8 Å². The minimum Gasteiger partial charge on any atom is -0.370 e. The predicted octanol–water partition coefficient (Wildman–Crippen LogP) is 1.88. The lowest BCUT2D eigenvalue weighted by molar-refractivity contribution is -0.00803. The van der Waals surface area contributed by atoms with E-state index < -0.39 is 0 Å². The zero-order valence-corrected chi connectivity index (χ0v) is 17.3. The van der Waals surface area contributed by atoms with Crippen molar-refractivity contribution in [3.05, 3.63) is 18.0 Å². The molecule has 1 aromatic heterocycles. The highest BCUT2D eigenvalue weighted by Crippen LogP contribution is 2.21. The molecule has 1 unspecified atom stereocenters. The smallest absolute Gasteiger partial charge is 0.193 e. The van der Waals surface area contributed by atoms with Gasteiger partial charge in [-0.3, -0.25) is 14.6 Å². The van der Waals surface area contributed by atoms with E-state index in [9.17, 15) is 0 Å². The Morgan fingerprint density at radius 1 is 1.38 bits per heavy atom. The van der Waals surface area contributed by atoms with Crippen LogP contribution in [0, 0.1) is 0 Å². The Morgan fingerprint density at radius 3 is 2.69 bits per heavy atom. The number of aromatic nitrogens is 2. The summed E-state index contributed by atoms with van der Waals surface area (Å²) in [7, 11) is 3.79. The maximum atomic E-state index is 5.93. The SMILES string of the molecule is CN=C(NCCCN(C(C)C)C(C)C)N1CCOC(c2cnn(C)c2)C1. The van der Waals surface area contributed by atoms with Crippen LogP contribution < -0.4 is 5.32 Å². The van der Waals surface area contributed by atoms with Gasteiger partial charge in [0.1, 0.15) is 6.10 Å². The van der Waals surface area contributed by atoms with Crippen molar-refractivity contribution in [3.8, 4) is 0 Å². The number of rotatable bonds is 7. The number of aliphatic imine (C=N–C) groups is 1. The molecule has 2 heterocycles. The van der Waals surface area contributed by atoms with Gasteiger partial charge in [-0.1, -0.05) is 0 Å². The molecule has 0 aromatic carbocycles. The van der Waals surface area contributed by atoms with Crippen LogP contribution in [0.25, 0.3) is 0 Å². The monoisotopic (exact) mass is 364 g/mol. The molecule has 7 heteroatoms. The Kier molecular flexibility index (Phi) is 7.90. The third-order valence-corrected chi connectivity index (χ3v) is 4.88. The molecule has 0 saturated carbocycles. The summed E-state index contributed by atoms with van der Waals surface area (Å²) < 4.78 is 7.75. The number of morpholine rings is 1. The summed E-state index contributed by atoms with van der Waals surface area (Å²) >= 11 is 0. The largest absolute Gasteiger partial charge is 0.370 e. The van der Waals surface area contributed by atoms with Crippen molar-refractivity contribution in [2.24, 2.45) is 12.0 Å². The summed E-state index contributed by atoms with van der Waals surface area (Å²) in [6.45, 7) is 13.4. The lowest BCUT2D eigenvalue weighted by atomic mass is 10.1. The van der Waals surface area contributed by atoms with Crippen LogP contribution in [-0.4, -0.2) is 77.5 Å². The van der Waals surface area contributed by atoms with Gasteiger partial charge in [-0.2, -0.15) is 5.10 Å². The molecule has 2 rings (SSSR count). The minimum absolute atomic E-state index is 0.0494. The number of hydrogen-bond acceptors (Lipinski definition) is 4. The molecule has 0 spiro atoms. The first-order valence-corrected chi connectivity index (χ1v) is 9.73. The molecule has 148 valence electrons. The second-order valence-corrected chi connectivity index (χ2v) is 7.51. The fraction of sp³-hybridized carbons (Fsp3) is 0.789. The predicted molar refractivity (Wildman–Crippen MR) is 106 cm³/mol. The maximum Gasteiger partial charge on any atom is 0.193 e. The molecule has 1 atom stereocenters. The van der Waals surface area contributed by atoms with Gasteiger partial charge in [0.05, 0.1) is 19.3 Å². The number of nitrogens with zero attached hydrogens (tertiary/aromatic N) is 5. The van der Waals surface area contributed by atoms with Gasteiger partial charge in [-0.05, 0) is 34.1 Å². The van der Waals surface area contributed by atoms with Crippen LogP contribution in [0.3, 0.4) is 0 Å². The van der Waals surface area contributed by atoms with Crippen LogP contribution >= 0.6 is 0 Å². The number of aryl methyl sites for hydroxylation is 1. The zero-order valence-electron chi connectivity index (χ0n) is 17.3. The van der Waals surface area contributed by atoms with Gasteiger partial charge in [0.15, 0.2) is 5.96 Å². The van der Waals surface area contributed by atoms with Crippen molar-refractivity contribution >= 4 is 5.96 Å². The van der Waals surface area contributed by atoms with Gasteiger partial charge in [0.2, 0.25) is 0 Å². The molecular formula is C19H36N6O. The van der Waals surface area contributed by atoms with E-state index in [0.29, 0.717) is 18.7 Å². The summed E-state index contributed by atoms with van der Waals surface area (Å²) in [6, 6.07) is 1.16. The van der Waals surface area contributed by atoms with Crippen LogP contribution in [-0.2, 0) is 11.8 Å². The van der Waals surface area contributed by atoms with E-state index in [1.165, 1.54) is 0 Å². The summed E-state index contributed by atoms with van der Waals surface area (Å²) in [5.41, 5.74) is 1.12. The number of guanidine groups is 1. The first-order chi connectivity index (χ1) is 12.4. The molecule has 1 saturated heterocycles. The molecule has 7 nitrogen and oxygen atoms in total. The number of nitrogens with one attached hydrogen (secondary N) is 1. The first-order valence-electron chi connectivity index (χ1n) is 9.73. The average molecular weight is 365 g/mol. The van der Waals surface area contributed by atoms with Gasteiger partial charge in [0, 0.05) is 57.6 Å². The molecule has 1 fully saturated rings. The van der Waals surface area contributed by atoms with E-state index in [1.807, 2.05) is 31.2 Å². The molecule has 1 aromatic rings. The highest BCUT2D eigenvalue weighted by molar-refractivity contribution is 5.80. The first kappa shape index (κ1) is 20.7. The minimum atomic E-state index is 0.0494. The Morgan fingerprint density at radius 2 is 2.12 bits per heavy atom. The van der Waals surface area contributed by atoms with Crippen molar-refractivity contribution in [3.63, 3.8) is 0 Å². The van der Waals surface area contributed by atoms with Crippen molar-refractivity contribution in [1.82, 2.24) is 24.9 Å². The van der Waals surface area contributed by atoms with Crippen LogP contribution in [0.4, 0.5) is 0 Å². The molecule has 1 aliphatic rings. The number of ether oxygens (including phenoxy) is 1. The van der Waals surface area contributed by atoms with E-state index >= 15 is 0 Å². The topological polar surface area (TPSA) is 57.9 Å². The van der Waals surface area contributed by atoms with Gasteiger partial charge in [-0.15, -0.1) is 0 Å². The summed E-state index contributed by atoms with van der Waals surface area (Å²) in [6.07, 6.45) is 5.06. The highest BCUT2D eigenvalue weighted by Gasteiger charge is 2.25. The summed E-state index contributed by atoms with van der Waals surface area (Å²) in [4.78, 5) is 9.28. The molecule has 0 amide bonds. The van der Waals surface area contributed by atoms with Crippen molar-refractivity contribution < 1.29 is 4.74 Å². The van der Waals surface area contributed by atoms with E-state index in [1.54, 1.807) is 0 Å². The van der Waals surface area contributed by atoms with Crippen LogP contribution in [0.15, 0.2) is 17.4 Å². The molecule has 0 radical (unpaired) electrons.